The molecule has 1 saturated heterocycles. The topological polar surface area (TPSA) is 85.8 Å². The quantitative estimate of drug-likeness (QED) is 0.378. The van der Waals surface area contributed by atoms with Crippen molar-refractivity contribution in [3.63, 3.8) is 0 Å². The molecule has 1 fully saturated rings. The molecule has 0 saturated carbocycles. The van der Waals surface area contributed by atoms with Crippen LogP contribution >= 0.6 is 22.9 Å². The van der Waals surface area contributed by atoms with Crippen molar-refractivity contribution in [1.82, 2.24) is 4.98 Å². The Labute approximate surface area is 208 Å². The third-order valence-electron chi connectivity index (χ3n) is 5.68. The van der Waals surface area contributed by atoms with Gasteiger partial charge in [-0.15, -0.1) is 0 Å². The molecule has 182 valence electrons. The van der Waals surface area contributed by atoms with E-state index in [9.17, 15) is 13.2 Å². The van der Waals surface area contributed by atoms with Gasteiger partial charge in [0.1, 0.15) is 11.3 Å². The molecule has 4 rings (SSSR count). The maximum atomic E-state index is 13.3. The van der Waals surface area contributed by atoms with E-state index in [1.54, 1.807) is 36.3 Å². The minimum absolute atomic E-state index is 0.0299. The summed E-state index contributed by atoms with van der Waals surface area (Å²) in [5.74, 6) is 0.316. The van der Waals surface area contributed by atoms with E-state index >= 15 is 0 Å². The van der Waals surface area contributed by atoms with E-state index in [4.69, 9.17) is 21.1 Å². The molecule has 34 heavy (non-hydrogen) atoms. The number of halogens is 1. The Morgan fingerprint density at radius 1 is 1.26 bits per heavy atom. The Morgan fingerprint density at radius 3 is 2.76 bits per heavy atom. The summed E-state index contributed by atoms with van der Waals surface area (Å²) in [6, 6.07) is 12.6. The summed E-state index contributed by atoms with van der Waals surface area (Å²) < 4.78 is 37.0. The zero-order chi connectivity index (χ0) is 24.1. The van der Waals surface area contributed by atoms with Crippen LogP contribution in [-0.4, -0.2) is 51.4 Å². The second-order valence-corrected chi connectivity index (χ2v) is 11.8. The summed E-state index contributed by atoms with van der Waals surface area (Å²) in [5.41, 5.74) is 1.35. The number of benzene rings is 2. The molecule has 1 unspecified atom stereocenters. The average molecular weight is 523 g/mol. The summed E-state index contributed by atoms with van der Waals surface area (Å²) in [6.07, 6.45) is 2.08. The molecule has 1 amide bonds. The van der Waals surface area contributed by atoms with E-state index in [0.29, 0.717) is 34.6 Å². The Balaban J connectivity index is 1.49. The predicted octanol–water partition coefficient (Wildman–Crippen LogP) is 4.87. The number of hydrogen-bond acceptors (Lipinski definition) is 7. The van der Waals surface area contributed by atoms with Crippen LogP contribution in [-0.2, 0) is 25.1 Å². The highest BCUT2D eigenvalue weighted by atomic mass is 35.5. The first kappa shape index (κ1) is 24.9. The van der Waals surface area contributed by atoms with Crippen LogP contribution in [0.2, 0.25) is 5.02 Å². The van der Waals surface area contributed by atoms with Crippen molar-refractivity contribution in [2.24, 2.45) is 0 Å². The lowest BCUT2D eigenvalue weighted by Crippen LogP contribution is -2.37. The van der Waals surface area contributed by atoms with Gasteiger partial charge in [0.25, 0.3) is 0 Å². The first-order chi connectivity index (χ1) is 16.4. The van der Waals surface area contributed by atoms with Gasteiger partial charge in [0.05, 0.1) is 41.0 Å². The summed E-state index contributed by atoms with van der Waals surface area (Å²) >= 11 is 7.70. The normalized spacial score (nSPS) is 16.1. The Bertz CT molecular complexity index is 1240. The van der Waals surface area contributed by atoms with Crippen LogP contribution < -0.4 is 9.64 Å². The van der Waals surface area contributed by atoms with Crippen molar-refractivity contribution in [3.05, 3.63) is 53.1 Å². The highest BCUT2D eigenvalue weighted by Crippen LogP contribution is 2.39. The molecule has 7 nitrogen and oxygen atoms in total. The van der Waals surface area contributed by atoms with E-state index in [0.717, 1.165) is 23.1 Å². The van der Waals surface area contributed by atoms with Crippen LogP contribution in [0, 0.1) is 0 Å². The van der Waals surface area contributed by atoms with Gasteiger partial charge in [-0.05, 0) is 37.0 Å². The number of fused-ring (bicyclic) bond motifs is 1. The second kappa shape index (κ2) is 11.0. The average Bonchev–Trinajstić information content (AvgIpc) is 3.48. The smallest absolute Gasteiger partial charge is 0.228 e. The van der Waals surface area contributed by atoms with Gasteiger partial charge in [-0.25, -0.2) is 13.4 Å². The number of carbonyl (C=O) groups excluding carboxylic acids is 1. The predicted molar refractivity (Wildman–Crippen MR) is 136 cm³/mol. The zero-order valence-corrected chi connectivity index (χ0v) is 21.3. The number of sulfone groups is 1. The fourth-order valence-electron chi connectivity index (χ4n) is 3.98. The number of carbonyl (C=O) groups is 1. The van der Waals surface area contributed by atoms with E-state index in [1.807, 2.05) is 18.2 Å². The van der Waals surface area contributed by atoms with Crippen LogP contribution in [0.1, 0.15) is 31.2 Å². The number of rotatable bonds is 10. The van der Waals surface area contributed by atoms with E-state index in [-0.39, 0.29) is 36.4 Å². The number of amides is 1. The third-order valence-corrected chi connectivity index (χ3v) is 8.91. The molecule has 0 bridgehead atoms. The monoisotopic (exact) mass is 522 g/mol. The number of thiazole rings is 1. The molecular formula is C24H27ClN2O5S2. The minimum atomic E-state index is -3.32. The zero-order valence-electron chi connectivity index (χ0n) is 18.9. The van der Waals surface area contributed by atoms with Gasteiger partial charge in [0.15, 0.2) is 15.0 Å². The molecule has 0 aliphatic carbocycles. The van der Waals surface area contributed by atoms with Crippen molar-refractivity contribution in [3.8, 4) is 5.75 Å². The Kier molecular flexibility index (Phi) is 8.08. The molecule has 0 spiro atoms. The Hall–Kier alpha value is -2.20. The minimum Gasteiger partial charge on any atom is -0.494 e. The number of nitrogens with zero attached hydrogens (tertiary/aromatic N) is 2. The van der Waals surface area contributed by atoms with E-state index < -0.39 is 9.84 Å². The van der Waals surface area contributed by atoms with Gasteiger partial charge < -0.3 is 9.47 Å². The van der Waals surface area contributed by atoms with E-state index in [2.05, 4.69) is 4.98 Å². The maximum Gasteiger partial charge on any atom is 0.228 e. The fraction of sp³-hybridized carbons (Fsp3) is 0.417. The first-order valence-corrected chi connectivity index (χ1v) is 14.2. The summed E-state index contributed by atoms with van der Waals surface area (Å²) in [7, 11) is -1.76. The van der Waals surface area contributed by atoms with Crippen molar-refractivity contribution >= 4 is 54.0 Å². The Morgan fingerprint density at radius 2 is 2.06 bits per heavy atom. The molecule has 1 aliphatic heterocycles. The number of methoxy groups -OCH3 is 1. The molecule has 2 aromatic carbocycles. The molecule has 2 heterocycles. The molecule has 0 radical (unpaired) electrons. The van der Waals surface area contributed by atoms with Crippen LogP contribution in [0.25, 0.3) is 10.2 Å². The molecule has 0 N–H and O–H groups in total. The number of ether oxygens (including phenoxy) is 2. The summed E-state index contributed by atoms with van der Waals surface area (Å²) in [5, 5.41) is 1.05. The van der Waals surface area contributed by atoms with Gasteiger partial charge in [0, 0.05) is 13.0 Å². The summed E-state index contributed by atoms with van der Waals surface area (Å²) in [6.45, 7) is 1.04. The van der Waals surface area contributed by atoms with Crippen LogP contribution in [0.4, 0.5) is 5.13 Å². The molecule has 3 aromatic rings. The van der Waals surface area contributed by atoms with Gasteiger partial charge in [-0.2, -0.15) is 0 Å². The highest BCUT2D eigenvalue weighted by Gasteiger charge is 2.27. The molecular weight excluding hydrogens is 496 g/mol. The van der Waals surface area contributed by atoms with Gasteiger partial charge in [-0.1, -0.05) is 53.3 Å². The third kappa shape index (κ3) is 6.07. The highest BCUT2D eigenvalue weighted by molar-refractivity contribution is 7.90. The van der Waals surface area contributed by atoms with Crippen LogP contribution in [0.3, 0.4) is 0 Å². The molecule has 1 aromatic heterocycles. The standard InChI is InChI=1S/C24H27ClN2O5S2/c1-31-20-12-11-19(25)23-22(20)26-24(33-23)27(15-18-9-5-13-32-18)21(28)10-6-14-34(29,30)16-17-7-3-2-4-8-17/h2-4,7-8,11-12,18H,5-6,9-10,13-16H2,1H3. The second-order valence-electron chi connectivity index (χ2n) is 8.24. The van der Waals surface area contributed by atoms with Crippen molar-refractivity contribution in [2.75, 3.05) is 30.9 Å². The number of anilines is 1. The van der Waals surface area contributed by atoms with Crippen LogP contribution in [0.5, 0.6) is 5.75 Å². The SMILES string of the molecule is COc1ccc(Cl)c2sc(N(CC3CCCO3)C(=O)CCCS(=O)(=O)Cc3ccccc3)nc12. The number of aromatic nitrogens is 1. The summed E-state index contributed by atoms with van der Waals surface area (Å²) in [4.78, 5) is 19.5. The first-order valence-electron chi connectivity index (χ1n) is 11.2. The van der Waals surface area contributed by atoms with Crippen molar-refractivity contribution in [1.29, 1.82) is 0 Å². The maximum absolute atomic E-state index is 13.3. The lowest BCUT2D eigenvalue weighted by Gasteiger charge is -2.23. The van der Waals surface area contributed by atoms with Crippen molar-refractivity contribution < 1.29 is 22.7 Å². The van der Waals surface area contributed by atoms with Gasteiger partial charge >= 0.3 is 0 Å². The molecule has 1 aliphatic rings. The van der Waals surface area contributed by atoms with Gasteiger partial charge in [0.2, 0.25) is 5.91 Å². The largest absolute Gasteiger partial charge is 0.494 e. The van der Waals surface area contributed by atoms with Gasteiger partial charge in [-0.3, -0.25) is 9.69 Å². The number of hydrogen-bond donors (Lipinski definition) is 0. The molecule has 1 atom stereocenters. The van der Waals surface area contributed by atoms with Crippen LogP contribution in [0.15, 0.2) is 42.5 Å². The lowest BCUT2D eigenvalue weighted by atomic mass is 10.2. The van der Waals surface area contributed by atoms with E-state index in [1.165, 1.54) is 11.3 Å². The van der Waals surface area contributed by atoms with Crippen molar-refractivity contribution in [2.45, 2.75) is 37.5 Å². The molecule has 10 heteroatoms. The fourth-order valence-corrected chi connectivity index (χ4v) is 6.69. The lowest BCUT2D eigenvalue weighted by molar-refractivity contribution is -0.119.